The van der Waals surface area contributed by atoms with Gasteiger partial charge >= 0.3 is 0 Å². The summed E-state index contributed by atoms with van der Waals surface area (Å²) in [5, 5.41) is 0. The molecule has 0 bridgehead atoms. The van der Waals surface area contributed by atoms with E-state index in [1.165, 1.54) is 5.56 Å². The van der Waals surface area contributed by atoms with Crippen molar-refractivity contribution < 1.29 is 9.47 Å². The van der Waals surface area contributed by atoms with Crippen LogP contribution in [-0.4, -0.2) is 44.9 Å². The monoisotopic (exact) mass is 280 g/mol. The van der Waals surface area contributed by atoms with E-state index in [9.17, 15) is 0 Å². The first-order chi connectivity index (χ1) is 9.50. The average molecular weight is 280 g/mol. The minimum Gasteiger partial charge on any atom is -0.497 e. The molecule has 0 aliphatic heterocycles. The van der Waals surface area contributed by atoms with Crippen LogP contribution in [0.5, 0.6) is 5.75 Å². The van der Waals surface area contributed by atoms with Crippen molar-refractivity contribution in [3.8, 4) is 5.75 Å². The molecular formula is C16H28N2O2. The summed E-state index contributed by atoms with van der Waals surface area (Å²) < 4.78 is 10.6. The third-order valence-electron chi connectivity index (χ3n) is 4.16. The number of benzene rings is 1. The van der Waals surface area contributed by atoms with E-state index in [1.807, 2.05) is 12.1 Å². The number of methoxy groups -OCH3 is 2. The number of hydrogen-bond donors (Lipinski definition) is 1. The highest BCUT2D eigenvalue weighted by atomic mass is 16.5. The van der Waals surface area contributed by atoms with Crippen LogP contribution in [0.3, 0.4) is 0 Å². The second-order valence-electron chi connectivity index (χ2n) is 5.60. The molecule has 0 spiro atoms. The number of likely N-dealkylation sites (N-methyl/N-ethyl adjacent to an activating group) is 1. The normalized spacial score (nSPS) is 14.6. The van der Waals surface area contributed by atoms with E-state index < -0.39 is 0 Å². The molecule has 114 valence electrons. The smallest absolute Gasteiger partial charge is 0.118 e. The number of nitrogens with two attached hydrogens (primary N) is 1. The van der Waals surface area contributed by atoms with E-state index in [0.717, 1.165) is 12.3 Å². The van der Waals surface area contributed by atoms with Gasteiger partial charge in [-0.3, -0.25) is 4.90 Å². The Bertz CT molecular complexity index is 392. The molecule has 0 saturated carbocycles. The Hall–Kier alpha value is -1.10. The average Bonchev–Trinajstić information content (AvgIpc) is 2.45. The molecule has 4 heteroatoms. The van der Waals surface area contributed by atoms with Gasteiger partial charge in [-0.15, -0.1) is 0 Å². The summed E-state index contributed by atoms with van der Waals surface area (Å²) in [7, 11) is 5.52. The van der Waals surface area contributed by atoms with Crippen LogP contribution in [0.15, 0.2) is 24.3 Å². The fourth-order valence-corrected chi connectivity index (χ4v) is 2.58. The van der Waals surface area contributed by atoms with Gasteiger partial charge in [-0.2, -0.15) is 0 Å². The molecule has 0 aliphatic rings. The lowest BCUT2D eigenvalue weighted by Crippen LogP contribution is -2.58. The molecule has 0 fully saturated rings. The van der Waals surface area contributed by atoms with Crippen LogP contribution in [0.2, 0.25) is 0 Å². The van der Waals surface area contributed by atoms with Crippen molar-refractivity contribution in [3.63, 3.8) is 0 Å². The largest absolute Gasteiger partial charge is 0.497 e. The van der Waals surface area contributed by atoms with Gasteiger partial charge in [-0.1, -0.05) is 26.0 Å². The maximum absolute atomic E-state index is 6.05. The zero-order valence-corrected chi connectivity index (χ0v) is 13.3. The second-order valence-corrected chi connectivity index (χ2v) is 5.60. The predicted octanol–water partition coefficient (Wildman–Crippen LogP) is 2.13. The molecule has 0 aromatic heterocycles. The number of nitrogens with zero attached hydrogens (tertiary/aromatic N) is 1. The molecule has 0 radical (unpaired) electrons. The zero-order valence-electron chi connectivity index (χ0n) is 13.3. The minimum atomic E-state index is -0.144. The van der Waals surface area contributed by atoms with Gasteiger partial charge in [0, 0.05) is 20.2 Å². The van der Waals surface area contributed by atoms with Gasteiger partial charge in [-0.05, 0) is 30.7 Å². The van der Waals surface area contributed by atoms with Gasteiger partial charge in [0.2, 0.25) is 0 Å². The summed E-state index contributed by atoms with van der Waals surface area (Å²) in [4.78, 5) is 2.29. The van der Waals surface area contributed by atoms with E-state index in [1.54, 1.807) is 14.2 Å². The molecule has 1 unspecified atom stereocenters. The maximum Gasteiger partial charge on any atom is 0.118 e. The van der Waals surface area contributed by atoms with Crippen molar-refractivity contribution in [2.75, 3.05) is 34.4 Å². The molecule has 1 rings (SSSR count). The highest BCUT2D eigenvalue weighted by molar-refractivity contribution is 5.27. The van der Waals surface area contributed by atoms with Crippen LogP contribution in [0.4, 0.5) is 0 Å². The second kappa shape index (κ2) is 7.62. The quantitative estimate of drug-likeness (QED) is 0.792. The molecule has 0 saturated heterocycles. The summed E-state index contributed by atoms with van der Waals surface area (Å²) in [5.74, 6) is 1.29. The first-order valence-corrected chi connectivity index (χ1v) is 7.03. The van der Waals surface area contributed by atoms with Crippen molar-refractivity contribution in [2.24, 2.45) is 11.7 Å². The molecule has 2 N–H and O–H groups in total. The Morgan fingerprint density at radius 2 is 1.80 bits per heavy atom. The van der Waals surface area contributed by atoms with E-state index in [2.05, 4.69) is 37.9 Å². The van der Waals surface area contributed by atoms with E-state index in [0.29, 0.717) is 19.1 Å². The Kier molecular flexibility index (Phi) is 6.46. The summed E-state index contributed by atoms with van der Waals surface area (Å²) >= 11 is 0. The van der Waals surface area contributed by atoms with Crippen LogP contribution in [-0.2, 0) is 11.3 Å². The number of hydrogen-bond acceptors (Lipinski definition) is 4. The number of ether oxygens (including phenoxy) is 2. The fraction of sp³-hybridized carbons (Fsp3) is 0.625. The molecule has 1 aromatic carbocycles. The predicted molar refractivity (Wildman–Crippen MR) is 83.0 cm³/mol. The summed E-state index contributed by atoms with van der Waals surface area (Å²) in [6, 6.07) is 8.14. The SMILES string of the molecule is COCC(CN)(C(C)C)N(C)Cc1ccc(OC)cc1. The summed E-state index contributed by atoms with van der Waals surface area (Å²) in [6.07, 6.45) is 0. The van der Waals surface area contributed by atoms with E-state index in [-0.39, 0.29) is 5.54 Å². The van der Waals surface area contributed by atoms with Gasteiger partial charge in [0.1, 0.15) is 5.75 Å². The third kappa shape index (κ3) is 3.72. The van der Waals surface area contributed by atoms with Crippen LogP contribution in [0.1, 0.15) is 19.4 Å². The summed E-state index contributed by atoms with van der Waals surface area (Å²) in [5.41, 5.74) is 7.15. The van der Waals surface area contributed by atoms with Gasteiger partial charge in [-0.25, -0.2) is 0 Å². The van der Waals surface area contributed by atoms with Gasteiger partial charge in [0.25, 0.3) is 0 Å². The molecule has 0 aliphatic carbocycles. The van der Waals surface area contributed by atoms with Crippen molar-refractivity contribution in [1.29, 1.82) is 0 Å². The molecule has 1 aromatic rings. The Labute approximate surface area is 122 Å². The highest BCUT2D eigenvalue weighted by Gasteiger charge is 2.36. The molecule has 1 atom stereocenters. The Morgan fingerprint density at radius 1 is 1.20 bits per heavy atom. The van der Waals surface area contributed by atoms with Crippen molar-refractivity contribution in [3.05, 3.63) is 29.8 Å². The van der Waals surface area contributed by atoms with E-state index in [4.69, 9.17) is 15.2 Å². The zero-order chi connectivity index (χ0) is 15.2. The van der Waals surface area contributed by atoms with E-state index >= 15 is 0 Å². The Balaban J connectivity index is 2.86. The van der Waals surface area contributed by atoms with Crippen LogP contribution < -0.4 is 10.5 Å². The molecule has 0 heterocycles. The minimum absolute atomic E-state index is 0.144. The standard InChI is InChI=1S/C16H28N2O2/c1-13(2)16(11-17,12-19-4)18(3)10-14-6-8-15(20-5)9-7-14/h6-9,13H,10-12,17H2,1-5H3. The topological polar surface area (TPSA) is 47.7 Å². The van der Waals surface area contributed by atoms with Crippen molar-refractivity contribution in [1.82, 2.24) is 4.90 Å². The lowest BCUT2D eigenvalue weighted by Gasteiger charge is -2.44. The Morgan fingerprint density at radius 3 is 2.20 bits per heavy atom. The molecule has 0 amide bonds. The first-order valence-electron chi connectivity index (χ1n) is 7.03. The van der Waals surface area contributed by atoms with Gasteiger partial charge < -0.3 is 15.2 Å². The maximum atomic E-state index is 6.05. The lowest BCUT2D eigenvalue weighted by atomic mass is 9.85. The van der Waals surface area contributed by atoms with Gasteiger partial charge in [0.05, 0.1) is 19.3 Å². The van der Waals surface area contributed by atoms with Gasteiger partial charge in [0.15, 0.2) is 0 Å². The third-order valence-corrected chi connectivity index (χ3v) is 4.16. The molecular weight excluding hydrogens is 252 g/mol. The lowest BCUT2D eigenvalue weighted by molar-refractivity contribution is -0.00555. The van der Waals surface area contributed by atoms with Crippen LogP contribution >= 0.6 is 0 Å². The van der Waals surface area contributed by atoms with Crippen molar-refractivity contribution >= 4 is 0 Å². The fourth-order valence-electron chi connectivity index (χ4n) is 2.58. The molecule has 4 nitrogen and oxygen atoms in total. The highest BCUT2D eigenvalue weighted by Crippen LogP contribution is 2.25. The van der Waals surface area contributed by atoms with Crippen molar-refractivity contribution in [2.45, 2.75) is 25.9 Å². The number of rotatable bonds is 8. The first kappa shape index (κ1) is 17.0. The molecule has 20 heavy (non-hydrogen) atoms. The summed E-state index contributed by atoms with van der Waals surface area (Å²) in [6.45, 7) is 6.43. The van der Waals surface area contributed by atoms with Crippen LogP contribution in [0.25, 0.3) is 0 Å². The van der Waals surface area contributed by atoms with Crippen LogP contribution in [0, 0.1) is 5.92 Å².